The van der Waals surface area contributed by atoms with E-state index in [2.05, 4.69) is 78.3 Å². The van der Waals surface area contributed by atoms with E-state index in [1.54, 1.807) is 11.7 Å². The first-order valence-corrected chi connectivity index (χ1v) is 13.9. The molecule has 0 radical (unpaired) electrons. The number of piperidine rings is 1. The molecule has 0 spiro atoms. The molecule has 4 heterocycles. The van der Waals surface area contributed by atoms with Crippen molar-refractivity contribution in [3.8, 4) is 11.3 Å². The Bertz CT molecular complexity index is 1420. The van der Waals surface area contributed by atoms with Crippen molar-refractivity contribution in [2.75, 3.05) is 33.2 Å². The fourth-order valence-corrected chi connectivity index (χ4v) is 6.21. The number of rotatable bonds is 5. The molecule has 1 aromatic carbocycles. The lowest BCUT2D eigenvalue weighted by Gasteiger charge is -2.33. The van der Waals surface area contributed by atoms with E-state index in [9.17, 15) is 4.79 Å². The van der Waals surface area contributed by atoms with Crippen LogP contribution in [0.2, 0.25) is 0 Å². The third-order valence-electron chi connectivity index (χ3n) is 8.49. The van der Waals surface area contributed by atoms with E-state index in [-0.39, 0.29) is 12.1 Å². The number of hydrogen-bond acceptors (Lipinski definition) is 4. The zero-order valence-corrected chi connectivity index (χ0v) is 23.4. The fourth-order valence-electron chi connectivity index (χ4n) is 6.21. The van der Waals surface area contributed by atoms with Crippen molar-refractivity contribution in [3.63, 3.8) is 0 Å². The Morgan fingerprint density at radius 1 is 1.16 bits per heavy atom. The summed E-state index contributed by atoms with van der Waals surface area (Å²) in [6.45, 7) is 16.0. The van der Waals surface area contributed by atoms with Crippen LogP contribution in [0.15, 0.2) is 34.5 Å². The van der Waals surface area contributed by atoms with Gasteiger partial charge in [0.25, 0.3) is 0 Å². The van der Waals surface area contributed by atoms with Crippen molar-refractivity contribution in [2.24, 2.45) is 10.1 Å². The van der Waals surface area contributed by atoms with Crippen LogP contribution < -0.4 is 16.1 Å². The molecule has 2 saturated heterocycles. The highest BCUT2D eigenvalue weighted by Crippen LogP contribution is 2.39. The summed E-state index contributed by atoms with van der Waals surface area (Å²) in [6.07, 6.45) is 5.03. The van der Waals surface area contributed by atoms with Crippen molar-refractivity contribution >= 4 is 23.7 Å². The van der Waals surface area contributed by atoms with Gasteiger partial charge in [0.15, 0.2) is 5.49 Å². The van der Waals surface area contributed by atoms with Gasteiger partial charge in [-0.25, -0.2) is 9.47 Å². The molecule has 2 aliphatic rings. The molecule has 0 aliphatic carbocycles. The number of aromatic amines is 1. The molecule has 2 fully saturated rings. The van der Waals surface area contributed by atoms with Crippen LogP contribution in [0.3, 0.4) is 0 Å². The molecule has 2 aromatic heterocycles. The lowest BCUT2D eigenvalue weighted by molar-refractivity contribution is 0.178. The zero-order valence-electron chi connectivity index (χ0n) is 23.4. The number of nitrogens with zero attached hydrogens (tertiary/aromatic N) is 4. The van der Waals surface area contributed by atoms with Crippen LogP contribution >= 0.6 is 0 Å². The average molecular weight is 516 g/mol. The average Bonchev–Trinajstić information content (AvgIpc) is 3.57. The molecule has 8 nitrogen and oxygen atoms in total. The quantitative estimate of drug-likeness (QED) is 0.433. The first kappa shape index (κ1) is 26.2. The summed E-state index contributed by atoms with van der Waals surface area (Å²) < 4.78 is 1.77. The number of carbonyl (C=O) groups excluding carboxylic acids is 1. The summed E-state index contributed by atoms with van der Waals surface area (Å²) in [5, 5.41) is 12.0. The topological polar surface area (TPSA) is 89.8 Å². The van der Waals surface area contributed by atoms with Gasteiger partial charge in [0, 0.05) is 62.1 Å². The molecule has 3 N–H and O–H groups in total. The molecule has 38 heavy (non-hydrogen) atoms. The largest absolute Gasteiger partial charge is 0.354 e. The van der Waals surface area contributed by atoms with E-state index >= 15 is 0 Å². The number of aromatic nitrogens is 2. The summed E-state index contributed by atoms with van der Waals surface area (Å²) in [4.78, 5) is 22.9. The fraction of sp³-hybridized carbons (Fsp3) is 0.500. The first-order valence-electron chi connectivity index (χ1n) is 13.9. The smallest absolute Gasteiger partial charge is 0.317 e. The molecular formula is C30H41N7O. The van der Waals surface area contributed by atoms with E-state index in [1.165, 1.54) is 22.1 Å². The second-order valence-electron chi connectivity index (χ2n) is 11.1. The lowest BCUT2D eigenvalue weighted by atomic mass is 9.87. The second kappa shape index (κ2) is 10.8. The van der Waals surface area contributed by atoms with Gasteiger partial charge in [-0.05, 0) is 85.9 Å². The van der Waals surface area contributed by atoms with Gasteiger partial charge in [-0.1, -0.05) is 19.9 Å². The monoisotopic (exact) mass is 515 g/mol. The van der Waals surface area contributed by atoms with Crippen LogP contribution in [-0.4, -0.2) is 66.6 Å². The Morgan fingerprint density at radius 3 is 2.55 bits per heavy atom. The molecule has 5 rings (SSSR count). The number of likely N-dealkylation sites (tertiary alicyclic amines) is 1. The van der Waals surface area contributed by atoms with Crippen LogP contribution in [-0.2, 0) is 0 Å². The molecule has 202 valence electrons. The van der Waals surface area contributed by atoms with E-state index in [0.717, 1.165) is 73.3 Å². The van der Waals surface area contributed by atoms with E-state index in [4.69, 9.17) is 0 Å². The van der Waals surface area contributed by atoms with Gasteiger partial charge < -0.3 is 20.5 Å². The van der Waals surface area contributed by atoms with Crippen LogP contribution in [0.4, 0.5) is 4.79 Å². The van der Waals surface area contributed by atoms with Crippen molar-refractivity contribution in [1.29, 1.82) is 0 Å². The van der Waals surface area contributed by atoms with Crippen molar-refractivity contribution in [2.45, 2.75) is 64.8 Å². The molecule has 8 heteroatoms. The van der Waals surface area contributed by atoms with Gasteiger partial charge in [-0.3, -0.25) is 4.99 Å². The highest BCUT2D eigenvalue weighted by Gasteiger charge is 2.27. The Labute approximate surface area is 225 Å². The highest BCUT2D eigenvalue weighted by molar-refractivity contribution is 5.92. The third kappa shape index (κ3) is 4.77. The molecular weight excluding hydrogens is 474 g/mol. The molecule has 1 atom stereocenters. The maximum absolute atomic E-state index is 12.7. The minimum atomic E-state index is 0.0868. The number of hydrogen-bond donors (Lipinski definition) is 3. The SMILES string of the molecule is C=Nn1cc(-c2[nH]c3ccc(C4CCN(C(=O)N[C@@H]5CCNC5)CC4)cc3c2C(C)C)c(C)c(C)c1=NC. The molecule has 0 unspecified atom stereocenters. The Morgan fingerprint density at radius 2 is 1.92 bits per heavy atom. The van der Waals surface area contributed by atoms with Gasteiger partial charge >= 0.3 is 6.03 Å². The summed E-state index contributed by atoms with van der Waals surface area (Å²) in [6, 6.07) is 7.22. The molecule has 2 aliphatic heterocycles. The lowest BCUT2D eigenvalue weighted by Crippen LogP contribution is -2.48. The molecule has 2 amide bonds. The number of amides is 2. The number of carbonyl (C=O) groups is 1. The van der Waals surface area contributed by atoms with Crippen LogP contribution in [0.25, 0.3) is 22.2 Å². The van der Waals surface area contributed by atoms with E-state index < -0.39 is 0 Å². The summed E-state index contributed by atoms with van der Waals surface area (Å²) in [5.41, 5.74) is 9.22. The Balaban J connectivity index is 1.44. The van der Waals surface area contributed by atoms with E-state index in [0.29, 0.717) is 11.8 Å². The van der Waals surface area contributed by atoms with Crippen molar-refractivity contribution in [3.05, 3.63) is 52.1 Å². The number of urea groups is 1. The van der Waals surface area contributed by atoms with Crippen molar-refractivity contribution in [1.82, 2.24) is 25.2 Å². The summed E-state index contributed by atoms with van der Waals surface area (Å²) in [5.74, 6) is 0.793. The van der Waals surface area contributed by atoms with Crippen LogP contribution in [0.5, 0.6) is 0 Å². The van der Waals surface area contributed by atoms with Gasteiger partial charge in [0.05, 0.1) is 5.69 Å². The normalized spacial score (nSPS) is 19.1. The molecule has 3 aromatic rings. The predicted molar refractivity (Wildman–Crippen MR) is 155 cm³/mol. The highest BCUT2D eigenvalue weighted by atomic mass is 16.2. The zero-order chi connectivity index (χ0) is 27.0. The molecule has 0 saturated carbocycles. The number of fused-ring (bicyclic) bond motifs is 1. The summed E-state index contributed by atoms with van der Waals surface area (Å²) >= 11 is 0. The summed E-state index contributed by atoms with van der Waals surface area (Å²) in [7, 11) is 1.79. The minimum Gasteiger partial charge on any atom is -0.354 e. The number of pyridine rings is 1. The second-order valence-corrected chi connectivity index (χ2v) is 11.1. The van der Waals surface area contributed by atoms with Crippen LogP contribution in [0, 0.1) is 13.8 Å². The van der Waals surface area contributed by atoms with E-state index in [1.807, 2.05) is 11.1 Å². The van der Waals surface area contributed by atoms with Gasteiger partial charge in [-0.15, -0.1) is 0 Å². The number of benzene rings is 1. The van der Waals surface area contributed by atoms with Gasteiger partial charge in [0.1, 0.15) is 0 Å². The number of H-pyrrole nitrogens is 1. The minimum absolute atomic E-state index is 0.0868. The Kier molecular flexibility index (Phi) is 7.43. The maximum atomic E-state index is 12.7. The molecule has 0 bridgehead atoms. The maximum Gasteiger partial charge on any atom is 0.317 e. The Hall–Kier alpha value is -3.39. The third-order valence-corrected chi connectivity index (χ3v) is 8.49. The van der Waals surface area contributed by atoms with Crippen molar-refractivity contribution < 1.29 is 4.79 Å². The van der Waals surface area contributed by atoms with Gasteiger partial charge in [-0.2, -0.15) is 5.10 Å². The van der Waals surface area contributed by atoms with Gasteiger partial charge in [0.2, 0.25) is 0 Å². The predicted octanol–water partition coefficient (Wildman–Crippen LogP) is 4.62. The first-order chi connectivity index (χ1) is 18.3. The van der Waals surface area contributed by atoms with Crippen LogP contribution in [0.1, 0.15) is 67.2 Å². The standard InChI is InChI=1S/C30H41N7O/c1-18(2)27-24-15-22(21-10-13-36(14-11-21)30(38)34-23-9-12-33-16-23)7-8-26(24)35-28(27)25-17-37(32-6)29(31-5)20(4)19(25)3/h7-8,15,17-18,21,23,33,35H,6,9-14,16H2,1-5H3,(H,34,38)/t23-/m1/s1. The number of nitrogens with one attached hydrogen (secondary N) is 3.